The van der Waals surface area contributed by atoms with E-state index in [9.17, 15) is 13.2 Å². The minimum Gasteiger partial charge on any atom is -0.308 e. The number of halogens is 1. The minimum absolute atomic E-state index is 0.208. The topological polar surface area (TPSA) is 73.8 Å². The molecular weight excluding hydrogens is 492 g/mol. The number of amides is 1. The number of aryl methyl sites for hydroxylation is 2. The van der Waals surface area contributed by atoms with Gasteiger partial charge in [0.05, 0.1) is 20.1 Å². The number of hydrogen-bond acceptors (Lipinski definition) is 6. The van der Waals surface area contributed by atoms with Crippen LogP contribution in [0.5, 0.6) is 0 Å². The molecule has 1 unspecified atom stereocenters. The zero-order chi connectivity index (χ0) is 24.6. The number of rotatable bonds is 7. The van der Waals surface area contributed by atoms with Gasteiger partial charge >= 0.3 is 0 Å². The van der Waals surface area contributed by atoms with Gasteiger partial charge in [0.1, 0.15) is 6.04 Å². The summed E-state index contributed by atoms with van der Waals surface area (Å²) in [5.74, 6) is -0.247. The Hall–Kier alpha value is -2.04. The lowest BCUT2D eigenvalue weighted by Crippen LogP contribution is -2.49. The summed E-state index contributed by atoms with van der Waals surface area (Å²) in [5.41, 5.74) is 2.73. The molecule has 1 atom stereocenters. The molecule has 34 heavy (non-hydrogen) atoms. The van der Waals surface area contributed by atoms with Crippen LogP contribution in [0.2, 0.25) is 5.02 Å². The van der Waals surface area contributed by atoms with E-state index in [4.69, 9.17) is 16.6 Å². The fourth-order valence-electron chi connectivity index (χ4n) is 4.11. The Kier molecular flexibility index (Phi) is 7.30. The molecule has 0 spiro atoms. The van der Waals surface area contributed by atoms with Crippen molar-refractivity contribution in [1.29, 1.82) is 0 Å². The Balaban J connectivity index is 1.70. The number of hydrogen-bond donors (Lipinski definition) is 0. The van der Waals surface area contributed by atoms with Crippen molar-refractivity contribution in [1.82, 2.24) is 14.2 Å². The number of aromatic nitrogens is 1. The van der Waals surface area contributed by atoms with Gasteiger partial charge in [-0.1, -0.05) is 46.7 Å². The van der Waals surface area contributed by atoms with E-state index in [0.717, 1.165) is 21.3 Å². The van der Waals surface area contributed by atoms with Crippen LogP contribution in [0, 0.1) is 13.8 Å². The van der Waals surface area contributed by atoms with Crippen LogP contribution >= 0.6 is 22.9 Å². The van der Waals surface area contributed by atoms with E-state index in [1.807, 2.05) is 45.0 Å². The van der Waals surface area contributed by atoms with E-state index in [1.54, 1.807) is 29.2 Å². The summed E-state index contributed by atoms with van der Waals surface area (Å²) in [6.45, 7) is 5.20. The van der Waals surface area contributed by atoms with Gasteiger partial charge in [0.15, 0.2) is 5.13 Å². The van der Waals surface area contributed by atoms with Crippen molar-refractivity contribution in [3.8, 4) is 0 Å². The Morgan fingerprint density at radius 1 is 1.15 bits per heavy atom. The third kappa shape index (κ3) is 4.85. The summed E-state index contributed by atoms with van der Waals surface area (Å²) < 4.78 is 29.0. The fourth-order valence-corrected chi connectivity index (χ4v) is 7.11. The Morgan fingerprint density at radius 2 is 1.85 bits per heavy atom. The second kappa shape index (κ2) is 9.91. The molecule has 0 saturated carbocycles. The molecule has 10 heteroatoms. The van der Waals surface area contributed by atoms with Crippen LogP contribution in [-0.4, -0.2) is 68.3 Å². The summed E-state index contributed by atoms with van der Waals surface area (Å²) >= 11 is 7.78. The van der Waals surface area contributed by atoms with Crippen LogP contribution in [0.1, 0.15) is 24.0 Å². The standard InChI is InChI=1S/C24H29ClN4O3S2/c1-16-7-10-18(11-8-16)34(31,32)29-13-5-6-20(29)23(30)28(15-14-27(3)4)24-26-21-17(2)9-12-19(25)22(21)33-24/h7-12,20H,5-6,13-15H2,1-4H3. The molecule has 1 fully saturated rings. The summed E-state index contributed by atoms with van der Waals surface area (Å²) in [7, 11) is 0.0751. The quantitative estimate of drug-likeness (QED) is 0.464. The van der Waals surface area contributed by atoms with Gasteiger partial charge in [-0.15, -0.1) is 0 Å². The zero-order valence-electron chi connectivity index (χ0n) is 19.8. The fraction of sp³-hybridized carbons (Fsp3) is 0.417. The van der Waals surface area contributed by atoms with Crippen LogP contribution in [-0.2, 0) is 14.8 Å². The molecule has 0 aliphatic carbocycles. The lowest BCUT2D eigenvalue weighted by molar-refractivity contribution is -0.121. The highest BCUT2D eigenvalue weighted by Gasteiger charge is 2.42. The van der Waals surface area contributed by atoms with E-state index in [2.05, 4.69) is 0 Å². The van der Waals surface area contributed by atoms with Crippen molar-refractivity contribution in [3.63, 3.8) is 0 Å². The smallest absolute Gasteiger partial charge is 0.247 e. The number of thiazole rings is 1. The van der Waals surface area contributed by atoms with Gasteiger partial charge in [-0.2, -0.15) is 4.31 Å². The Labute approximate surface area is 210 Å². The number of carbonyl (C=O) groups is 1. The number of likely N-dealkylation sites (N-methyl/N-ethyl adjacent to an activating group) is 1. The second-order valence-electron chi connectivity index (χ2n) is 8.92. The average Bonchev–Trinajstić information content (AvgIpc) is 3.45. The third-order valence-corrected chi connectivity index (χ3v) is 9.53. The lowest BCUT2D eigenvalue weighted by atomic mass is 10.2. The van der Waals surface area contributed by atoms with E-state index in [1.165, 1.54) is 15.6 Å². The summed E-state index contributed by atoms with van der Waals surface area (Å²) in [6.07, 6.45) is 1.11. The van der Waals surface area contributed by atoms with E-state index >= 15 is 0 Å². The van der Waals surface area contributed by atoms with Gasteiger partial charge in [-0.3, -0.25) is 9.69 Å². The zero-order valence-corrected chi connectivity index (χ0v) is 22.2. The van der Waals surface area contributed by atoms with Crippen molar-refractivity contribution in [2.75, 3.05) is 38.6 Å². The maximum absolute atomic E-state index is 13.9. The van der Waals surface area contributed by atoms with Gasteiger partial charge in [0.25, 0.3) is 0 Å². The largest absolute Gasteiger partial charge is 0.308 e. The van der Waals surface area contributed by atoms with E-state index < -0.39 is 16.1 Å². The van der Waals surface area contributed by atoms with Crippen LogP contribution in [0.25, 0.3) is 10.2 Å². The number of anilines is 1. The molecule has 2 heterocycles. The number of fused-ring (bicyclic) bond motifs is 1. The maximum Gasteiger partial charge on any atom is 0.247 e. The predicted octanol–water partition coefficient (Wildman–Crippen LogP) is 4.31. The lowest BCUT2D eigenvalue weighted by Gasteiger charge is -2.29. The molecule has 0 bridgehead atoms. The molecule has 1 aromatic heterocycles. The minimum atomic E-state index is -3.80. The normalized spacial score (nSPS) is 17.1. The molecule has 3 aromatic rings. The van der Waals surface area contributed by atoms with Crippen molar-refractivity contribution in [2.45, 2.75) is 37.6 Å². The molecular formula is C24H29ClN4O3S2. The highest BCUT2D eigenvalue weighted by atomic mass is 35.5. The van der Waals surface area contributed by atoms with Crippen LogP contribution in [0.3, 0.4) is 0 Å². The van der Waals surface area contributed by atoms with Crippen molar-refractivity contribution < 1.29 is 13.2 Å². The van der Waals surface area contributed by atoms with Gasteiger partial charge in [0, 0.05) is 19.6 Å². The number of benzene rings is 2. The molecule has 1 aliphatic heterocycles. The van der Waals surface area contributed by atoms with Gasteiger partial charge in [-0.05, 0) is 64.5 Å². The Bertz CT molecular complexity index is 1270. The molecule has 7 nitrogen and oxygen atoms in total. The molecule has 0 N–H and O–H groups in total. The number of sulfonamides is 1. The highest BCUT2D eigenvalue weighted by Crippen LogP contribution is 2.37. The van der Waals surface area contributed by atoms with Crippen LogP contribution in [0.4, 0.5) is 5.13 Å². The van der Waals surface area contributed by atoms with Gasteiger partial charge in [0.2, 0.25) is 15.9 Å². The molecule has 2 aromatic carbocycles. The third-order valence-electron chi connectivity index (χ3n) is 6.07. The van der Waals surface area contributed by atoms with Gasteiger partial charge < -0.3 is 4.90 Å². The number of nitrogens with zero attached hydrogens (tertiary/aromatic N) is 4. The first-order valence-corrected chi connectivity index (χ1v) is 13.8. The van der Waals surface area contributed by atoms with Crippen molar-refractivity contribution >= 4 is 54.2 Å². The Morgan fingerprint density at radius 3 is 2.50 bits per heavy atom. The maximum atomic E-state index is 13.9. The summed E-state index contributed by atoms with van der Waals surface area (Å²) in [5, 5.41) is 1.13. The van der Waals surface area contributed by atoms with E-state index in [0.29, 0.717) is 42.6 Å². The molecule has 182 valence electrons. The molecule has 4 rings (SSSR count). The highest BCUT2D eigenvalue weighted by molar-refractivity contribution is 7.89. The molecule has 0 radical (unpaired) electrons. The monoisotopic (exact) mass is 520 g/mol. The van der Waals surface area contributed by atoms with Crippen molar-refractivity contribution in [2.24, 2.45) is 0 Å². The number of carbonyl (C=O) groups excluding carboxylic acids is 1. The molecule has 1 aliphatic rings. The summed E-state index contributed by atoms with van der Waals surface area (Å²) in [6, 6.07) is 9.73. The SMILES string of the molecule is Cc1ccc(S(=O)(=O)N2CCCC2C(=O)N(CCN(C)C)c2nc3c(C)ccc(Cl)c3s2)cc1. The van der Waals surface area contributed by atoms with Gasteiger partial charge in [-0.25, -0.2) is 13.4 Å². The van der Waals surface area contributed by atoms with Crippen LogP contribution in [0.15, 0.2) is 41.3 Å². The first kappa shape index (κ1) is 25.1. The van der Waals surface area contributed by atoms with E-state index in [-0.39, 0.29) is 10.8 Å². The predicted molar refractivity (Wildman–Crippen MR) is 138 cm³/mol. The average molecular weight is 521 g/mol. The second-order valence-corrected chi connectivity index (χ2v) is 12.2. The first-order valence-electron chi connectivity index (χ1n) is 11.2. The molecule has 1 amide bonds. The summed E-state index contributed by atoms with van der Waals surface area (Å²) in [4.78, 5) is 22.5. The van der Waals surface area contributed by atoms with Crippen LogP contribution < -0.4 is 4.90 Å². The first-order chi connectivity index (χ1) is 16.1. The molecule has 1 saturated heterocycles. The van der Waals surface area contributed by atoms with Crippen molar-refractivity contribution in [3.05, 3.63) is 52.5 Å².